The van der Waals surface area contributed by atoms with Gasteiger partial charge in [0.2, 0.25) is 5.95 Å². The van der Waals surface area contributed by atoms with E-state index in [0.717, 1.165) is 57.3 Å². The molecule has 0 unspecified atom stereocenters. The number of benzene rings is 2. The number of halogens is 1. The van der Waals surface area contributed by atoms with Gasteiger partial charge in [-0.3, -0.25) is 4.79 Å². The standard InChI is InChI=1S/C29H35ClN8O2/c30-24-17-33-28(37-27(24)36-25-4-2-1-3-23(25)26(32)39)34-21-9-5-18(6-10-21)19-13-15-38(16-14-19)29(40)35-22-11-7-20(31)8-12-22/h1-6,9-10,17,19-20,22H,7-8,11-16,31H2,(H2,32,39)(H,35,40)(H2,33,34,36,37)/t20-,22+. The number of nitrogens with one attached hydrogen (secondary N) is 3. The molecule has 1 saturated heterocycles. The molecule has 40 heavy (non-hydrogen) atoms. The second-order valence-electron chi connectivity index (χ2n) is 10.5. The zero-order valence-corrected chi connectivity index (χ0v) is 23.0. The average Bonchev–Trinajstić information content (AvgIpc) is 2.97. The van der Waals surface area contributed by atoms with Gasteiger partial charge in [-0.2, -0.15) is 4.98 Å². The Morgan fingerprint density at radius 3 is 2.33 bits per heavy atom. The third-order valence-corrected chi connectivity index (χ3v) is 7.99. The number of carbonyl (C=O) groups excluding carboxylic acids is 2. The molecule has 3 aromatic rings. The fourth-order valence-electron chi connectivity index (χ4n) is 5.36. The molecular formula is C29H35ClN8O2. The van der Waals surface area contributed by atoms with Gasteiger partial charge in [0.25, 0.3) is 5.91 Å². The van der Waals surface area contributed by atoms with Crippen LogP contribution in [0.1, 0.15) is 60.4 Å². The number of nitrogens with zero attached hydrogens (tertiary/aromatic N) is 3. The summed E-state index contributed by atoms with van der Waals surface area (Å²) in [5, 5.41) is 9.79. The van der Waals surface area contributed by atoms with Crippen LogP contribution >= 0.6 is 11.6 Å². The lowest BCUT2D eigenvalue weighted by Crippen LogP contribution is -2.49. The molecule has 1 aromatic heterocycles. The molecule has 5 rings (SSSR count). The van der Waals surface area contributed by atoms with Crippen molar-refractivity contribution in [2.24, 2.45) is 11.5 Å². The average molecular weight is 563 g/mol. The molecule has 1 saturated carbocycles. The minimum atomic E-state index is -0.550. The molecule has 3 amide bonds. The Morgan fingerprint density at radius 1 is 0.925 bits per heavy atom. The van der Waals surface area contributed by atoms with Crippen LogP contribution in [0.15, 0.2) is 54.7 Å². The highest BCUT2D eigenvalue weighted by Gasteiger charge is 2.26. The van der Waals surface area contributed by atoms with Crippen LogP contribution in [0.25, 0.3) is 0 Å². The van der Waals surface area contributed by atoms with E-state index in [9.17, 15) is 9.59 Å². The largest absolute Gasteiger partial charge is 0.366 e. The minimum Gasteiger partial charge on any atom is -0.366 e. The van der Waals surface area contributed by atoms with E-state index in [0.29, 0.717) is 34.0 Å². The maximum atomic E-state index is 12.7. The maximum absolute atomic E-state index is 12.7. The summed E-state index contributed by atoms with van der Waals surface area (Å²) in [5.74, 6) is 0.562. The van der Waals surface area contributed by atoms with E-state index in [1.165, 1.54) is 11.8 Å². The first-order valence-corrected chi connectivity index (χ1v) is 14.1. The number of para-hydroxylation sites is 1. The van der Waals surface area contributed by atoms with Crippen LogP contribution in [0.2, 0.25) is 5.02 Å². The van der Waals surface area contributed by atoms with E-state index >= 15 is 0 Å². The fourth-order valence-corrected chi connectivity index (χ4v) is 5.50. The second kappa shape index (κ2) is 12.5. The van der Waals surface area contributed by atoms with Crippen LogP contribution in [-0.2, 0) is 0 Å². The second-order valence-corrected chi connectivity index (χ2v) is 10.9. The van der Waals surface area contributed by atoms with Gasteiger partial charge in [-0.1, -0.05) is 35.9 Å². The molecule has 0 spiro atoms. The van der Waals surface area contributed by atoms with E-state index in [1.54, 1.807) is 24.3 Å². The fraction of sp³-hybridized carbons (Fsp3) is 0.379. The van der Waals surface area contributed by atoms with Crippen LogP contribution in [0.4, 0.5) is 27.9 Å². The molecule has 10 nitrogen and oxygen atoms in total. The molecule has 2 fully saturated rings. The monoisotopic (exact) mass is 562 g/mol. The molecule has 0 radical (unpaired) electrons. The highest BCUT2D eigenvalue weighted by atomic mass is 35.5. The number of carbonyl (C=O) groups is 2. The predicted octanol–water partition coefficient (Wildman–Crippen LogP) is 4.88. The molecule has 210 valence electrons. The number of likely N-dealkylation sites (tertiary alicyclic amines) is 1. The van der Waals surface area contributed by atoms with Gasteiger partial charge in [0.05, 0.1) is 17.4 Å². The lowest BCUT2D eigenvalue weighted by atomic mass is 9.89. The van der Waals surface area contributed by atoms with Gasteiger partial charge in [0.1, 0.15) is 5.02 Å². The SMILES string of the molecule is NC(=O)c1ccccc1Nc1nc(Nc2ccc(C3CCN(C(=O)N[C@H]4CC[C@@H](N)CC4)CC3)cc2)ncc1Cl. The molecule has 1 aliphatic carbocycles. The molecule has 11 heteroatoms. The first-order valence-electron chi connectivity index (χ1n) is 13.7. The van der Waals surface area contributed by atoms with Crippen molar-refractivity contribution < 1.29 is 9.59 Å². The molecule has 0 atom stereocenters. The van der Waals surface area contributed by atoms with E-state index < -0.39 is 5.91 Å². The number of rotatable bonds is 7. The minimum absolute atomic E-state index is 0.0495. The number of amides is 3. The smallest absolute Gasteiger partial charge is 0.317 e. The normalized spacial score (nSPS) is 19.6. The summed E-state index contributed by atoms with van der Waals surface area (Å²) in [4.78, 5) is 35.2. The number of aromatic nitrogens is 2. The molecular weight excluding hydrogens is 528 g/mol. The summed E-state index contributed by atoms with van der Waals surface area (Å²) in [6, 6.07) is 15.7. The van der Waals surface area contributed by atoms with E-state index in [2.05, 4.69) is 38.1 Å². The Bertz CT molecular complexity index is 1340. The predicted molar refractivity (Wildman–Crippen MR) is 157 cm³/mol. The van der Waals surface area contributed by atoms with Crippen molar-refractivity contribution in [3.05, 3.63) is 70.9 Å². The summed E-state index contributed by atoms with van der Waals surface area (Å²) in [6.07, 6.45) is 7.23. The van der Waals surface area contributed by atoms with E-state index in [4.69, 9.17) is 23.1 Å². The number of hydrogen-bond acceptors (Lipinski definition) is 7. The van der Waals surface area contributed by atoms with Crippen molar-refractivity contribution in [3.63, 3.8) is 0 Å². The van der Waals surface area contributed by atoms with E-state index in [1.807, 2.05) is 17.0 Å². The van der Waals surface area contributed by atoms with Gasteiger partial charge in [0.15, 0.2) is 5.82 Å². The third kappa shape index (κ3) is 6.81. The van der Waals surface area contributed by atoms with E-state index in [-0.39, 0.29) is 18.1 Å². The number of hydrogen-bond donors (Lipinski definition) is 5. The highest BCUT2D eigenvalue weighted by molar-refractivity contribution is 6.33. The van der Waals surface area contributed by atoms with Gasteiger partial charge in [-0.25, -0.2) is 9.78 Å². The van der Waals surface area contributed by atoms with Crippen LogP contribution in [0.3, 0.4) is 0 Å². The van der Waals surface area contributed by atoms with Crippen molar-refractivity contribution in [2.45, 2.75) is 56.5 Å². The van der Waals surface area contributed by atoms with Crippen LogP contribution in [-0.4, -0.2) is 52.0 Å². The molecule has 1 aliphatic heterocycles. The Labute approximate surface area is 238 Å². The van der Waals surface area contributed by atoms with Gasteiger partial charge in [0, 0.05) is 30.9 Å². The zero-order chi connectivity index (χ0) is 28.1. The number of piperidine rings is 1. The molecule has 7 N–H and O–H groups in total. The number of primary amides is 1. The van der Waals surface area contributed by atoms with Gasteiger partial charge >= 0.3 is 6.03 Å². The van der Waals surface area contributed by atoms with Crippen molar-refractivity contribution in [1.29, 1.82) is 0 Å². The van der Waals surface area contributed by atoms with Crippen molar-refractivity contribution in [3.8, 4) is 0 Å². The number of anilines is 4. The summed E-state index contributed by atoms with van der Waals surface area (Å²) in [6.45, 7) is 1.49. The van der Waals surface area contributed by atoms with Crippen molar-refractivity contribution in [1.82, 2.24) is 20.2 Å². The Hall–Kier alpha value is -3.89. The topological polar surface area (TPSA) is 151 Å². The first-order chi connectivity index (χ1) is 19.4. The first kappa shape index (κ1) is 27.7. The van der Waals surface area contributed by atoms with Crippen molar-refractivity contribution >= 4 is 46.7 Å². The summed E-state index contributed by atoms with van der Waals surface area (Å²) in [7, 11) is 0. The summed E-state index contributed by atoms with van der Waals surface area (Å²) < 4.78 is 0. The van der Waals surface area contributed by atoms with Gasteiger partial charge < -0.3 is 32.3 Å². The lowest BCUT2D eigenvalue weighted by molar-refractivity contribution is 0.100. The Kier molecular flexibility index (Phi) is 8.66. The third-order valence-electron chi connectivity index (χ3n) is 7.71. The highest BCUT2D eigenvalue weighted by Crippen LogP contribution is 2.30. The Balaban J connectivity index is 1.15. The summed E-state index contributed by atoms with van der Waals surface area (Å²) >= 11 is 6.31. The van der Waals surface area contributed by atoms with Gasteiger partial charge in [-0.05, 0) is 74.3 Å². The Morgan fingerprint density at radius 2 is 1.62 bits per heavy atom. The quantitative estimate of drug-likeness (QED) is 0.275. The molecule has 2 aromatic carbocycles. The van der Waals surface area contributed by atoms with Crippen molar-refractivity contribution in [2.75, 3.05) is 23.7 Å². The molecule has 2 heterocycles. The summed E-state index contributed by atoms with van der Waals surface area (Å²) in [5.41, 5.74) is 14.4. The zero-order valence-electron chi connectivity index (χ0n) is 22.3. The van der Waals surface area contributed by atoms with Crippen LogP contribution < -0.4 is 27.4 Å². The maximum Gasteiger partial charge on any atom is 0.317 e. The number of urea groups is 1. The lowest BCUT2D eigenvalue weighted by Gasteiger charge is -2.34. The number of nitrogens with two attached hydrogens (primary N) is 2. The van der Waals surface area contributed by atoms with Gasteiger partial charge in [-0.15, -0.1) is 0 Å². The molecule has 0 bridgehead atoms. The van der Waals surface area contributed by atoms with Crippen LogP contribution in [0, 0.1) is 0 Å². The molecule has 2 aliphatic rings. The van der Waals surface area contributed by atoms with Crippen LogP contribution in [0.5, 0.6) is 0 Å².